The number of aromatic nitrogens is 1. The number of carbonyl (C=O) groups excluding carboxylic acids is 1. The maximum Gasteiger partial charge on any atom is 0.259 e. The zero-order valence-corrected chi connectivity index (χ0v) is 16.1. The lowest BCUT2D eigenvalue weighted by molar-refractivity contribution is 0.102. The molecule has 3 aromatic carbocycles. The van der Waals surface area contributed by atoms with Crippen LogP contribution in [0.15, 0.2) is 65.1 Å². The summed E-state index contributed by atoms with van der Waals surface area (Å²) < 4.78 is 11.2. The second kappa shape index (κ2) is 7.37. The van der Waals surface area contributed by atoms with Gasteiger partial charge >= 0.3 is 0 Å². The number of anilines is 1. The quantitative estimate of drug-likeness (QED) is 0.482. The van der Waals surface area contributed by atoms with Crippen LogP contribution in [0.2, 0.25) is 5.02 Å². The molecule has 0 saturated carbocycles. The van der Waals surface area contributed by atoms with Gasteiger partial charge in [-0.3, -0.25) is 4.79 Å². The van der Waals surface area contributed by atoms with Crippen LogP contribution in [-0.4, -0.2) is 18.0 Å². The topological polar surface area (TPSA) is 64.4 Å². The first-order valence-electron chi connectivity index (χ1n) is 8.66. The molecule has 1 amide bonds. The number of nitrogens with zero attached hydrogens (tertiary/aromatic N) is 1. The van der Waals surface area contributed by atoms with Crippen molar-refractivity contribution >= 4 is 34.3 Å². The predicted molar refractivity (Wildman–Crippen MR) is 110 cm³/mol. The minimum Gasteiger partial charge on any atom is -0.496 e. The second-order valence-corrected chi connectivity index (χ2v) is 6.75. The van der Waals surface area contributed by atoms with Crippen molar-refractivity contribution in [2.24, 2.45) is 0 Å². The highest BCUT2D eigenvalue weighted by Gasteiger charge is 2.15. The van der Waals surface area contributed by atoms with E-state index in [1.54, 1.807) is 30.3 Å². The number of ether oxygens (including phenoxy) is 1. The number of carbonyl (C=O) groups is 1. The second-order valence-electron chi connectivity index (χ2n) is 6.32. The number of hydrogen-bond donors (Lipinski definition) is 1. The molecule has 1 heterocycles. The predicted octanol–water partition coefficient (Wildman–Crippen LogP) is 5.72. The number of hydrogen-bond acceptors (Lipinski definition) is 4. The van der Waals surface area contributed by atoms with Gasteiger partial charge in [0.1, 0.15) is 11.3 Å². The lowest BCUT2D eigenvalue weighted by atomic mass is 10.1. The van der Waals surface area contributed by atoms with E-state index in [0.29, 0.717) is 33.5 Å². The number of halogens is 1. The molecule has 4 aromatic rings. The summed E-state index contributed by atoms with van der Waals surface area (Å²) in [5.41, 5.74) is 4.27. The van der Waals surface area contributed by atoms with Gasteiger partial charge in [-0.1, -0.05) is 29.8 Å². The number of methoxy groups -OCH3 is 1. The molecule has 140 valence electrons. The first-order chi connectivity index (χ1) is 13.5. The zero-order valence-electron chi connectivity index (χ0n) is 15.3. The Hall–Kier alpha value is -3.31. The highest BCUT2D eigenvalue weighted by molar-refractivity contribution is 6.31. The van der Waals surface area contributed by atoms with Crippen LogP contribution in [0.3, 0.4) is 0 Å². The largest absolute Gasteiger partial charge is 0.496 e. The average Bonchev–Trinajstić information content (AvgIpc) is 3.11. The molecule has 0 aliphatic heterocycles. The van der Waals surface area contributed by atoms with Crippen molar-refractivity contribution in [2.75, 3.05) is 12.4 Å². The highest BCUT2D eigenvalue weighted by Crippen LogP contribution is 2.29. The number of benzene rings is 3. The average molecular weight is 393 g/mol. The SMILES string of the molecule is COc1ccc(Cl)cc1C(=O)Nc1ccc2nc(-c3ccccc3C)oc2c1. The minimum absolute atomic E-state index is 0.322. The van der Waals surface area contributed by atoms with Crippen LogP contribution in [0.25, 0.3) is 22.6 Å². The molecule has 28 heavy (non-hydrogen) atoms. The van der Waals surface area contributed by atoms with E-state index >= 15 is 0 Å². The highest BCUT2D eigenvalue weighted by atomic mass is 35.5. The maximum atomic E-state index is 12.7. The van der Waals surface area contributed by atoms with Crippen molar-refractivity contribution in [3.8, 4) is 17.2 Å². The lowest BCUT2D eigenvalue weighted by Crippen LogP contribution is -2.13. The summed E-state index contributed by atoms with van der Waals surface area (Å²) in [5.74, 6) is 0.676. The Morgan fingerprint density at radius 2 is 1.93 bits per heavy atom. The van der Waals surface area contributed by atoms with Crippen molar-refractivity contribution in [3.63, 3.8) is 0 Å². The van der Waals surface area contributed by atoms with E-state index < -0.39 is 0 Å². The Morgan fingerprint density at radius 3 is 2.71 bits per heavy atom. The Kier molecular flexibility index (Phi) is 4.75. The smallest absolute Gasteiger partial charge is 0.259 e. The fourth-order valence-electron chi connectivity index (χ4n) is 2.99. The van der Waals surface area contributed by atoms with Crippen molar-refractivity contribution in [1.29, 1.82) is 0 Å². The van der Waals surface area contributed by atoms with Crippen LogP contribution in [-0.2, 0) is 0 Å². The molecule has 0 unspecified atom stereocenters. The summed E-state index contributed by atoms with van der Waals surface area (Å²) in [6.45, 7) is 2.01. The third-order valence-corrected chi connectivity index (χ3v) is 4.66. The van der Waals surface area contributed by atoms with Gasteiger partial charge in [0.2, 0.25) is 5.89 Å². The van der Waals surface area contributed by atoms with Crippen molar-refractivity contribution in [3.05, 3.63) is 76.8 Å². The number of nitrogens with one attached hydrogen (secondary N) is 1. The molecular formula is C22H17ClN2O3. The molecule has 0 bridgehead atoms. The first kappa shape index (κ1) is 18.1. The number of rotatable bonds is 4. The molecule has 0 saturated heterocycles. The normalized spacial score (nSPS) is 10.8. The molecule has 5 nitrogen and oxygen atoms in total. The van der Waals surface area contributed by atoms with Crippen LogP contribution in [0, 0.1) is 6.92 Å². The van der Waals surface area contributed by atoms with Crippen LogP contribution < -0.4 is 10.1 Å². The van der Waals surface area contributed by atoms with Gasteiger partial charge < -0.3 is 14.5 Å². The summed E-state index contributed by atoms with van der Waals surface area (Å²) in [5, 5.41) is 3.31. The van der Waals surface area contributed by atoms with E-state index in [9.17, 15) is 4.79 Å². The van der Waals surface area contributed by atoms with Crippen LogP contribution in [0.4, 0.5) is 5.69 Å². The summed E-state index contributed by atoms with van der Waals surface area (Å²) in [6, 6.07) is 18.1. The van der Waals surface area contributed by atoms with Crippen molar-refractivity contribution in [2.45, 2.75) is 6.92 Å². The fraction of sp³-hybridized carbons (Fsp3) is 0.0909. The summed E-state index contributed by atoms with van der Waals surface area (Å²) in [6.07, 6.45) is 0. The summed E-state index contributed by atoms with van der Waals surface area (Å²) in [4.78, 5) is 17.2. The van der Waals surface area contributed by atoms with Gasteiger partial charge in [0.25, 0.3) is 5.91 Å². The molecule has 6 heteroatoms. The van der Waals surface area contributed by atoms with Gasteiger partial charge in [0.05, 0.1) is 12.7 Å². The van der Waals surface area contributed by atoms with Crippen LogP contribution >= 0.6 is 11.6 Å². The monoisotopic (exact) mass is 392 g/mol. The first-order valence-corrected chi connectivity index (χ1v) is 9.04. The van der Waals surface area contributed by atoms with Gasteiger partial charge in [-0.15, -0.1) is 0 Å². The van der Waals surface area contributed by atoms with Crippen LogP contribution in [0.5, 0.6) is 5.75 Å². The third-order valence-electron chi connectivity index (χ3n) is 4.43. The van der Waals surface area contributed by atoms with Crippen molar-refractivity contribution < 1.29 is 13.9 Å². The van der Waals surface area contributed by atoms with Crippen LogP contribution in [0.1, 0.15) is 15.9 Å². The number of aryl methyl sites for hydroxylation is 1. The molecular weight excluding hydrogens is 376 g/mol. The van der Waals surface area contributed by atoms with E-state index in [4.69, 9.17) is 20.8 Å². The van der Waals surface area contributed by atoms with E-state index in [1.807, 2.05) is 37.3 Å². The van der Waals surface area contributed by atoms with Gasteiger partial charge in [0, 0.05) is 22.3 Å². The molecule has 1 N–H and O–H groups in total. The molecule has 0 spiro atoms. The number of amides is 1. The molecule has 0 atom stereocenters. The fourth-order valence-corrected chi connectivity index (χ4v) is 3.16. The van der Waals surface area contributed by atoms with Crippen molar-refractivity contribution in [1.82, 2.24) is 4.98 Å². The summed E-state index contributed by atoms with van der Waals surface area (Å²) >= 11 is 6.01. The Balaban J connectivity index is 1.65. The Morgan fingerprint density at radius 1 is 1.11 bits per heavy atom. The molecule has 0 radical (unpaired) electrons. The lowest BCUT2D eigenvalue weighted by Gasteiger charge is -2.09. The van der Waals surface area contributed by atoms with Gasteiger partial charge in [0.15, 0.2) is 5.58 Å². The number of fused-ring (bicyclic) bond motifs is 1. The minimum atomic E-state index is -0.322. The maximum absolute atomic E-state index is 12.7. The molecule has 1 aromatic heterocycles. The van der Waals surface area contributed by atoms with E-state index in [1.165, 1.54) is 7.11 Å². The molecule has 0 aliphatic carbocycles. The van der Waals surface area contributed by atoms with E-state index in [0.717, 1.165) is 16.6 Å². The summed E-state index contributed by atoms with van der Waals surface area (Å²) in [7, 11) is 1.51. The standard InChI is InChI=1S/C22H17ClN2O3/c1-13-5-3-4-6-16(13)22-25-18-9-8-15(12-20(18)28-22)24-21(26)17-11-14(23)7-10-19(17)27-2/h3-12H,1-2H3,(H,24,26). The van der Waals surface area contributed by atoms with Gasteiger partial charge in [-0.25, -0.2) is 4.98 Å². The molecule has 0 fully saturated rings. The van der Waals surface area contributed by atoms with Gasteiger partial charge in [-0.05, 0) is 48.9 Å². The Labute approximate surface area is 166 Å². The van der Waals surface area contributed by atoms with E-state index in [2.05, 4.69) is 10.3 Å². The number of oxazole rings is 1. The van der Waals surface area contributed by atoms with Gasteiger partial charge in [-0.2, -0.15) is 0 Å². The van der Waals surface area contributed by atoms with E-state index in [-0.39, 0.29) is 5.91 Å². The Bertz CT molecular complexity index is 1180. The third kappa shape index (κ3) is 3.44. The zero-order chi connectivity index (χ0) is 19.7. The molecule has 4 rings (SSSR count). The molecule has 0 aliphatic rings.